The molecular formula is C23H21NO2. The Bertz CT molecular complexity index is 901. The van der Waals surface area contributed by atoms with E-state index in [0.29, 0.717) is 13.0 Å². The van der Waals surface area contributed by atoms with Gasteiger partial charge in [0, 0.05) is 13.0 Å². The van der Waals surface area contributed by atoms with Crippen molar-refractivity contribution in [3.8, 4) is 16.9 Å². The molecule has 0 bridgehead atoms. The zero-order chi connectivity index (χ0) is 17.8. The number of benzene rings is 3. The number of amides is 1. The van der Waals surface area contributed by atoms with E-state index in [2.05, 4.69) is 47.8 Å². The minimum absolute atomic E-state index is 0.0406. The smallest absolute Gasteiger partial charge is 0.224 e. The van der Waals surface area contributed by atoms with Crippen LogP contribution < -0.4 is 10.1 Å². The Labute approximate surface area is 153 Å². The molecule has 26 heavy (non-hydrogen) atoms. The van der Waals surface area contributed by atoms with E-state index in [1.165, 1.54) is 16.7 Å². The minimum Gasteiger partial charge on any atom is -0.493 e. The van der Waals surface area contributed by atoms with Crippen LogP contribution in [0.1, 0.15) is 16.7 Å². The Hall–Kier alpha value is -3.07. The molecule has 3 heteroatoms. The summed E-state index contributed by atoms with van der Waals surface area (Å²) < 4.78 is 5.57. The summed E-state index contributed by atoms with van der Waals surface area (Å²) >= 11 is 0. The largest absolute Gasteiger partial charge is 0.493 e. The maximum atomic E-state index is 12.1. The normalized spacial score (nSPS) is 12.3. The van der Waals surface area contributed by atoms with E-state index in [4.69, 9.17) is 4.74 Å². The van der Waals surface area contributed by atoms with Crippen molar-refractivity contribution in [2.24, 2.45) is 0 Å². The van der Waals surface area contributed by atoms with Gasteiger partial charge >= 0.3 is 0 Å². The van der Waals surface area contributed by atoms with Crippen LogP contribution in [0.15, 0.2) is 72.8 Å². The lowest BCUT2D eigenvalue weighted by atomic mass is 10.0. The summed E-state index contributed by atoms with van der Waals surface area (Å²) in [7, 11) is 0. The molecule has 0 aromatic heterocycles. The van der Waals surface area contributed by atoms with Crippen LogP contribution >= 0.6 is 0 Å². The summed E-state index contributed by atoms with van der Waals surface area (Å²) in [5, 5.41) is 2.99. The van der Waals surface area contributed by atoms with E-state index in [-0.39, 0.29) is 5.91 Å². The number of nitrogens with one attached hydrogen (secondary N) is 1. The van der Waals surface area contributed by atoms with Gasteiger partial charge in [0.1, 0.15) is 5.75 Å². The Morgan fingerprint density at radius 1 is 0.885 bits per heavy atom. The molecule has 0 unspecified atom stereocenters. The second-order valence-electron chi connectivity index (χ2n) is 6.56. The molecule has 0 saturated carbocycles. The Balaban J connectivity index is 1.36. The predicted molar refractivity (Wildman–Crippen MR) is 103 cm³/mol. The highest BCUT2D eigenvalue weighted by molar-refractivity contribution is 5.78. The maximum absolute atomic E-state index is 12.1. The number of carbonyl (C=O) groups excluding carboxylic acids is 1. The third-order valence-corrected chi connectivity index (χ3v) is 4.67. The van der Waals surface area contributed by atoms with E-state index in [0.717, 1.165) is 29.9 Å². The number of fused-ring (bicyclic) bond motifs is 1. The fourth-order valence-corrected chi connectivity index (χ4v) is 3.23. The molecule has 3 aromatic rings. The summed E-state index contributed by atoms with van der Waals surface area (Å²) in [6.07, 6.45) is 1.39. The van der Waals surface area contributed by atoms with E-state index < -0.39 is 0 Å². The molecule has 3 nitrogen and oxygen atoms in total. The molecule has 1 N–H and O–H groups in total. The van der Waals surface area contributed by atoms with Crippen molar-refractivity contribution in [3.05, 3.63) is 89.5 Å². The van der Waals surface area contributed by atoms with Crippen LogP contribution in [0, 0.1) is 0 Å². The molecule has 1 aliphatic heterocycles. The molecule has 0 saturated heterocycles. The zero-order valence-corrected chi connectivity index (χ0v) is 14.6. The van der Waals surface area contributed by atoms with Gasteiger partial charge in [-0.15, -0.1) is 0 Å². The highest BCUT2D eigenvalue weighted by atomic mass is 16.5. The van der Waals surface area contributed by atoms with Crippen LogP contribution in [0.3, 0.4) is 0 Å². The van der Waals surface area contributed by atoms with Crippen molar-refractivity contribution in [2.45, 2.75) is 19.4 Å². The van der Waals surface area contributed by atoms with Crippen molar-refractivity contribution in [1.82, 2.24) is 5.32 Å². The van der Waals surface area contributed by atoms with Crippen LogP contribution in [-0.4, -0.2) is 12.5 Å². The summed E-state index contributed by atoms with van der Waals surface area (Å²) in [5.41, 5.74) is 5.79. The van der Waals surface area contributed by atoms with Gasteiger partial charge in [-0.3, -0.25) is 4.79 Å². The maximum Gasteiger partial charge on any atom is 0.224 e. The monoisotopic (exact) mass is 343 g/mol. The predicted octanol–water partition coefficient (Wildman–Crippen LogP) is 4.15. The SMILES string of the molecule is O=C(Cc1ccccc1)NCc1ccc(-c2ccc3c(c2)CCO3)cc1. The van der Waals surface area contributed by atoms with Gasteiger partial charge in [0.2, 0.25) is 5.91 Å². The highest BCUT2D eigenvalue weighted by Gasteiger charge is 2.12. The van der Waals surface area contributed by atoms with Gasteiger partial charge in [0.25, 0.3) is 0 Å². The average molecular weight is 343 g/mol. The van der Waals surface area contributed by atoms with Gasteiger partial charge < -0.3 is 10.1 Å². The molecule has 0 fully saturated rings. The molecule has 0 spiro atoms. The summed E-state index contributed by atoms with van der Waals surface area (Å²) in [6.45, 7) is 1.32. The molecule has 3 aromatic carbocycles. The second kappa shape index (κ2) is 7.44. The van der Waals surface area contributed by atoms with Crippen LogP contribution in [0.25, 0.3) is 11.1 Å². The lowest BCUT2D eigenvalue weighted by molar-refractivity contribution is -0.120. The van der Waals surface area contributed by atoms with Gasteiger partial charge in [-0.1, -0.05) is 60.7 Å². The first-order chi connectivity index (χ1) is 12.8. The lowest BCUT2D eigenvalue weighted by Gasteiger charge is -2.08. The minimum atomic E-state index is 0.0406. The van der Waals surface area contributed by atoms with E-state index >= 15 is 0 Å². The van der Waals surface area contributed by atoms with E-state index in [9.17, 15) is 4.79 Å². The molecule has 0 atom stereocenters. The summed E-state index contributed by atoms with van der Waals surface area (Å²) in [4.78, 5) is 12.1. The number of carbonyl (C=O) groups is 1. The first-order valence-electron chi connectivity index (χ1n) is 8.93. The number of rotatable bonds is 5. The fraction of sp³-hybridized carbons (Fsp3) is 0.174. The second-order valence-corrected chi connectivity index (χ2v) is 6.56. The average Bonchev–Trinajstić information content (AvgIpc) is 3.15. The third-order valence-electron chi connectivity index (χ3n) is 4.67. The summed E-state index contributed by atoms with van der Waals surface area (Å²) in [6, 6.07) is 24.5. The third kappa shape index (κ3) is 3.77. The van der Waals surface area contributed by atoms with Crippen molar-refractivity contribution in [2.75, 3.05) is 6.61 Å². The van der Waals surface area contributed by atoms with Crippen LogP contribution in [0.2, 0.25) is 0 Å². The molecule has 1 heterocycles. The van der Waals surface area contributed by atoms with Crippen LogP contribution in [0.4, 0.5) is 0 Å². The molecule has 4 rings (SSSR count). The topological polar surface area (TPSA) is 38.3 Å². The standard InChI is InChI=1S/C23H21NO2/c25-23(14-17-4-2-1-3-5-17)24-16-18-6-8-19(9-7-18)20-10-11-22-21(15-20)12-13-26-22/h1-11,15H,12-14,16H2,(H,24,25). The summed E-state index contributed by atoms with van der Waals surface area (Å²) in [5.74, 6) is 1.05. The van der Waals surface area contributed by atoms with Crippen molar-refractivity contribution < 1.29 is 9.53 Å². The Kier molecular flexibility index (Phi) is 4.69. The first-order valence-corrected chi connectivity index (χ1v) is 8.93. The number of hydrogen-bond acceptors (Lipinski definition) is 2. The molecule has 1 aliphatic rings. The van der Waals surface area contributed by atoms with Gasteiger partial charge in [-0.25, -0.2) is 0 Å². The van der Waals surface area contributed by atoms with Crippen molar-refractivity contribution in [3.63, 3.8) is 0 Å². The van der Waals surface area contributed by atoms with Crippen LogP contribution in [-0.2, 0) is 24.2 Å². The molecule has 1 amide bonds. The van der Waals surface area contributed by atoms with Crippen molar-refractivity contribution in [1.29, 1.82) is 0 Å². The number of hydrogen-bond donors (Lipinski definition) is 1. The molecular weight excluding hydrogens is 322 g/mol. The van der Waals surface area contributed by atoms with Crippen molar-refractivity contribution >= 4 is 5.91 Å². The zero-order valence-electron chi connectivity index (χ0n) is 14.6. The van der Waals surface area contributed by atoms with Gasteiger partial charge in [0.05, 0.1) is 13.0 Å². The lowest BCUT2D eigenvalue weighted by Crippen LogP contribution is -2.24. The Morgan fingerprint density at radius 3 is 2.46 bits per heavy atom. The first kappa shape index (κ1) is 16.4. The molecule has 0 radical (unpaired) electrons. The van der Waals surface area contributed by atoms with Gasteiger partial charge in [-0.05, 0) is 39.9 Å². The highest BCUT2D eigenvalue weighted by Crippen LogP contribution is 2.30. The quantitative estimate of drug-likeness (QED) is 0.756. The van der Waals surface area contributed by atoms with Gasteiger partial charge in [0.15, 0.2) is 0 Å². The molecule has 130 valence electrons. The van der Waals surface area contributed by atoms with E-state index in [1.807, 2.05) is 30.3 Å². The fourth-order valence-electron chi connectivity index (χ4n) is 3.23. The van der Waals surface area contributed by atoms with Crippen LogP contribution in [0.5, 0.6) is 5.75 Å². The van der Waals surface area contributed by atoms with E-state index in [1.54, 1.807) is 0 Å². The van der Waals surface area contributed by atoms with Gasteiger partial charge in [-0.2, -0.15) is 0 Å². The Morgan fingerprint density at radius 2 is 1.65 bits per heavy atom. The molecule has 0 aliphatic carbocycles. The number of ether oxygens (including phenoxy) is 1.